The Morgan fingerprint density at radius 2 is 1.23 bits per heavy atom. The summed E-state index contributed by atoms with van der Waals surface area (Å²) in [4.78, 5) is 22.6. The Hall–Kier alpha value is -3.66. The molecule has 4 nitrogen and oxygen atoms in total. The van der Waals surface area contributed by atoms with Crippen LogP contribution in [-0.4, -0.2) is 11.9 Å². The Bertz CT molecular complexity index is 1060. The average molecular weight is 400 g/mol. The summed E-state index contributed by atoms with van der Waals surface area (Å²) in [6, 6.07) is 25.2. The first-order valence-electron chi connectivity index (χ1n) is 9.84. The Morgan fingerprint density at radius 1 is 0.667 bits per heavy atom. The van der Waals surface area contributed by atoms with Crippen LogP contribution in [0.2, 0.25) is 0 Å². The van der Waals surface area contributed by atoms with E-state index in [2.05, 4.69) is 19.1 Å². The summed E-state index contributed by atoms with van der Waals surface area (Å²) in [6.07, 6.45) is 0.777. The minimum atomic E-state index is -0.349. The number of carbonyl (C=O) groups is 2. The van der Waals surface area contributed by atoms with Gasteiger partial charge in [0.25, 0.3) is 0 Å². The summed E-state index contributed by atoms with van der Waals surface area (Å²) in [5.74, 6) is 0.328. The SMILES string of the molecule is CC/C(=C(\c1ccccc1)c1ccc(OC(C)=O)cc1)c1cccc(OC(C)=O)c1. The van der Waals surface area contributed by atoms with Crippen LogP contribution in [0.4, 0.5) is 0 Å². The minimum absolute atomic E-state index is 0.349. The van der Waals surface area contributed by atoms with Gasteiger partial charge in [0, 0.05) is 13.8 Å². The molecule has 0 atom stereocenters. The summed E-state index contributed by atoms with van der Waals surface area (Å²) >= 11 is 0. The molecule has 152 valence electrons. The number of hydrogen-bond donors (Lipinski definition) is 0. The van der Waals surface area contributed by atoms with Crippen LogP contribution in [0.25, 0.3) is 11.1 Å². The molecule has 0 aliphatic rings. The molecule has 0 saturated carbocycles. The number of esters is 2. The van der Waals surface area contributed by atoms with E-state index in [-0.39, 0.29) is 11.9 Å². The van der Waals surface area contributed by atoms with Crippen molar-refractivity contribution in [3.63, 3.8) is 0 Å². The van der Waals surface area contributed by atoms with Crippen molar-refractivity contribution in [1.82, 2.24) is 0 Å². The quantitative estimate of drug-likeness (QED) is 0.293. The van der Waals surface area contributed by atoms with Crippen LogP contribution in [0.5, 0.6) is 11.5 Å². The fraction of sp³-hybridized carbons (Fsp3) is 0.154. The van der Waals surface area contributed by atoms with E-state index in [1.165, 1.54) is 13.8 Å². The molecule has 30 heavy (non-hydrogen) atoms. The van der Waals surface area contributed by atoms with Crippen molar-refractivity contribution in [1.29, 1.82) is 0 Å². The van der Waals surface area contributed by atoms with Crippen molar-refractivity contribution in [2.75, 3.05) is 0 Å². The molecule has 4 heteroatoms. The molecule has 0 radical (unpaired) electrons. The maximum absolute atomic E-state index is 11.4. The third-order valence-electron chi connectivity index (χ3n) is 4.57. The summed E-state index contributed by atoms with van der Waals surface area (Å²) in [5.41, 5.74) is 5.27. The predicted molar refractivity (Wildman–Crippen MR) is 118 cm³/mol. The van der Waals surface area contributed by atoms with E-state index in [9.17, 15) is 9.59 Å². The predicted octanol–water partition coefficient (Wildman–Crippen LogP) is 5.91. The highest BCUT2D eigenvalue weighted by molar-refractivity contribution is 5.98. The van der Waals surface area contributed by atoms with Gasteiger partial charge in [0.2, 0.25) is 0 Å². The van der Waals surface area contributed by atoms with Gasteiger partial charge in [0.15, 0.2) is 0 Å². The van der Waals surface area contributed by atoms with E-state index in [4.69, 9.17) is 9.47 Å². The highest BCUT2D eigenvalue weighted by Crippen LogP contribution is 2.36. The van der Waals surface area contributed by atoms with Crippen molar-refractivity contribution in [2.24, 2.45) is 0 Å². The number of rotatable bonds is 6. The van der Waals surface area contributed by atoms with E-state index in [1.807, 2.05) is 48.5 Å². The molecule has 0 aliphatic heterocycles. The fourth-order valence-electron chi connectivity index (χ4n) is 3.41. The van der Waals surface area contributed by atoms with Gasteiger partial charge in [0.05, 0.1) is 0 Å². The monoisotopic (exact) mass is 400 g/mol. The third kappa shape index (κ3) is 5.23. The molecule has 0 spiro atoms. The number of benzene rings is 3. The van der Waals surface area contributed by atoms with E-state index in [0.717, 1.165) is 34.3 Å². The van der Waals surface area contributed by atoms with Crippen LogP contribution >= 0.6 is 0 Å². The molecule has 0 aromatic heterocycles. The second kappa shape index (κ2) is 9.70. The zero-order chi connectivity index (χ0) is 21.5. The Morgan fingerprint density at radius 3 is 1.83 bits per heavy atom. The Balaban J connectivity index is 2.16. The first-order valence-corrected chi connectivity index (χ1v) is 9.84. The molecule has 0 fully saturated rings. The zero-order valence-electron chi connectivity index (χ0n) is 17.3. The van der Waals surface area contributed by atoms with Gasteiger partial charge in [-0.3, -0.25) is 9.59 Å². The largest absolute Gasteiger partial charge is 0.427 e. The van der Waals surface area contributed by atoms with Crippen LogP contribution in [0.1, 0.15) is 43.9 Å². The molecule has 3 rings (SSSR count). The standard InChI is InChI=1S/C26H24O4/c1-4-25(22-11-8-12-24(17-22)30-19(3)28)26(20-9-6-5-7-10-20)21-13-15-23(16-14-21)29-18(2)27/h5-17H,4H2,1-3H3/b26-25-. The second-order valence-electron chi connectivity index (χ2n) is 6.81. The van der Waals surface area contributed by atoms with Crippen LogP contribution in [0.3, 0.4) is 0 Å². The normalized spacial score (nSPS) is 11.4. The van der Waals surface area contributed by atoms with Crippen molar-refractivity contribution >= 4 is 23.1 Å². The lowest BCUT2D eigenvalue weighted by Gasteiger charge is -2.17. The molecule has 0 amide bonds. The molecule has 0 aliphatic carbocycles. The Kier molecular flexibility index (Phi) is 6.81. The summed E-state index contributed by atoms with van der Waals surface area (Å²) in [7, 11) is 0. The lowest BCUT2D eigenvalue weighted by Crippen LogP contribution is -2.02. The van der Waals surface area contributed by atoms with Gasteiger partial charge >= 0.3 is 11.9 Å². The first-order chi connectivity index (χ1) is 14.5. The molecule has 0 N–H and O–H groups in total. The molecule has 0 heterocycles. The molecular formula is C26H24O4. The first kappa shape index (κ1) is 21.1. The molecule has 3 aromatic rings. The van der Waals surface area contributed by atoms with Gasteiger partial charge in [0.1, 0.15) is 11.5 Å². The smallest absolute Gasteiger partial charge is 0.308 e. The van der Waals surface area contributed by atoms with Gasteiger partial charge in [-0.2, -0.15) is 0 Å². The fourth-order valence-corrected chi connectivity index (χ4v) is 3.41. The summed E-state index contributed by atoms with van der Waals surface area (Å²) < 4.78 is 10.5. The molecule has 0 saturated heterocycles. The topological polar surface area (TPSA) is 52.6 Å². The van der Waals surface area contributed by atoms with Gasteiger partial charge < -0.3 is 9.47 Å². The van der Waals surface area contributed by atoms with Gasteiger partial charge in [-0.25, -0.2) is 0 Å². The Labute approximate surface area is 176 Å². The van der Waals surface area contributed by atoms with E-state index >= 15 is 0 Å². The lowest BCUT2D eigenvalue weighted by molar-refractivity contribution is -0.132. The van der Waals surface area contributed by atoms with Crippen molar-refractivity contribution in [2.45, 2.75) is 27.2 Å². The van der Waals surface area contributed by atoms with Crippen LogP contribution in [0.15, 0.2) is 78.9 Å². The number of carbonyl (C=O) groups excluding carboxylic acids is 2. The number of hydrogen-bond acceptors (Lipinski definition) is 4. The van der Waals surface area contributed by atoms with Crippen molar-refractivity contribution in [3.05, 3.63) is 95.6 Å². The summed E-state index contributed by atoms with van der Waals surface area (Å²) in [5, 5.41) is 0. The van der Waals surface area contributed by atoms with Gasteiger partial charge in [-0.05, 0) is 58.5 Å². The maximum atomic E-state index is 11.4. The van der Waals surface area contributed by atoms with E-state index in [0.29, 0.717) is 11.5 Å². The minimum Gasteiger partial charge on any atom is -0.427 e. The van der Waals surface area contributed by atoms with E-state index < -0.39 is 0 Å². The van der Waals surface area contributed by atoms with Crippen LogP contribution < -0.4 is 9.47 Å². The highest BCUT2D eigenvalue weighted by atomic mass is 16.5. The second-order valence-corrected chi connectivity index (χ2v) is 6.81. The molecular weight excluding hydrogens is 376 g/mol. The van der Waals surface area contributed by atoms with Crippen LogP contribution in [-0.2, 0) is 9.59 Å². The number of ether oxygens (including phenoxy) is 2. The van der Waals surface area contributed by atoms with Gasteiger partial charge in [-0.1, -0.05) is 61.5 Å². The van der Waals surface area contributed by atoms with Crippen molar-refractivity contribution in [3.8, 4) is 11.5 Å². The molecule has 0 bridgehead atoms. The maximum Gasteiger partial charge on any atom is 0.308 e. The van der Waals surface area contributed by atoms with E-state index in [1.54, 1.807) is 18.2 Å². The molecule has 0 unspecified atom stereocenters. The third-order valence-corrected chi connectivity index (χ3v) is 4.57. The summed E-state index contributed by atoms with van der Waals surface area (Å²) in [6.45, 7) is 4.88. The van der Waals surface area contributed by atoms with Gasteiger partial charge in [-0.15, -0.1) is 0 Å². The highest BCUT2D eigenvalue weighted by Gasteiger charge is 2.14. The lowest BCUT2D eigenvalue weighted by atomic mass is 9.88. The van der Waals surface area contributed by atoms with Crippen molar-refractivity contribution < 1.29 is 19.1 Å². The van der Waals surface area contributed by atoms with Crippen LogP contribution in [0, 0.1) is 0 Å². The average Bonchev–Trinajstić information content (AvgIpc) is 2.72. The zero-order valence-corrected chi connectivity index (χ0v) is 17.3. The number of allylic oxidation sites excluding steroid dienone is 1. The molecule has 3 aromatic carbocycles.